The number of benzene rings is 1. The number of nitrogens with two attached hydrogens (primary N) is 1. The van der Waals surface area contributed by atoms with Crippen LogP contribution in [-0.2, 0) is 9.47 Å². The van der Waals surface area contributed by atoms with E-state index < -0.39 is 0 Å². The van der Waals surface area contributed by atoms with E-state index in [-0.39, 0.29) is 0 Å². The van der Waals surface area contributed by atoms with Crippen LogP contribution in [0.3, 0.4) is 0 Å². The minimum Gasteiger partial charge on any atom is -0.493 e. The zero-order valence-electron chi connectivity index (χ0n) is 12.4. The maximum absolute atomic E-state index is 5.82. The lowest BCUT2D eigenvalue weighted by Crippen LogP contribution is -2.07. The Morgan fingerprint density at radius 3 is 2.25 bits per heavy atom. The van der Waals surface area contributed by atoms with Crippen LogP contribution in [0.2, 0.25) is 0 Å². The minimum absolute atomic E-state index is 0.587. The van der Waals surface area contributed by atoms with E-state index in [1.165, 1.54) is 0 Å². The molecular formula is C15H25NO4. The average molecular weight is 283 g/mol. The summed E-state index contributed by atoms with van der Waals surface area (Å²) < 4.78 is 21.4. The summed E-state index contributed by atoms with van der Waals surface area (Å²) in [5, 5.41) is 0. The summed E-state index contributed by atoms with van der Waals surface area (Å²) in [4.78, 5) is 0. The van der Waals surface area contributed by atoms with Crippen LogP contribution in [0.25, 0.3) is 0 Å². The molecule has 0 atom stereocenters. The van der Waals surface area contributed by atoms with E-state index in [9.17, 15) is 0 Å². The van der Waals surface area contributed by atoms with Crippen molar-refractivity contribution in [1.29, 1.82) is 0 Å². The van der Waals surface area contributed by atoms with Crippen LogP contribution in [0.15, 0.2) is 18.2 Å². The molecule has 0 aromatic heterocycles. The molecular weight excluding hydrogens is 258 g/mol. The molecule has 0 aliphatic heterocycles. The lowest BCUT2D eigenvalue weighted by molar-refractivity contribution is 0.0644. The van der Waals surface area contributed by atoms with Gasteiger partial charge in [-0.15, -0.1) is 0 Å². The smallest absolute Gasteiger partial charge is 0.125 e. The van der Waals surface area contributed by atoms with Crippen molar-refractivity contribution in [3.63, 3.8) is 0 Å². The van der Waals surface area contributed by atoms with E-state index in [1.54, 1.807) is 19.2 Å². The highest BCUT2D eigenvalue weighted by Crippen LogP contribution is 2.24. The highest BCUT2D eigenvalue weighted by molar-refractivity contribution is 5.50. The Balaban J connectivity index is 2.26. The van der Waals surface area contributed by atoms with Gasteiger partial charge in [-0.2, -0.15) is 0 Å². The number of methoxy groups -OCH3 is 1. The van der Waals surface area contributed by atoms with Gasteiger partial charge in [0.25, 0.3) is 0 Å². The Morgan fingerprint density at radius 1 is 0.900 bits per heavy atom. The Labute approximate surface area is 121 Å². The van der Waals surface area contributed by atoms with E-state index in [4.69, 9.17) is 24.7 Å². The lowest BCUT2D eigenvalue weighted by Gasteiger charge is -2.10. The van der Waals surface area contributed by atoms with Gasteiger partial charge in [0.05, 0.1) is 26.4 Å². The molecule has 0 fully saturated rings. The first kappa shape index (κ1) is 16.6. The van der Waals surface area contributed by atoms with Gasteiger partial charge < -0.3 is 24.7 Å². The third-order valence-electron chi connectivity index (χ3n) is 2.51. The van der Waals surface area contributed by atoms with Gasteiger partial charge in [-0.3, -0.25) is 0 Å². The summed E-state index contributed by atoms with van der Waals surface area (Å²) in [5.74, 6) is 1.48. The number of hydrogen-bond donors (Lipinski definition) is 1. The van der Waals surface area contributed by atoms with Gasteiger partial charge in [-0.1, -0.05) is 6.92 Å². The standard InChI is InChI=1S/C15H25NO4/c1-3-5-19-14-10-13(16)11-15(12-14)20-7-4-6-18-9-8-17-2/h10-12H,3-9,16H2,1-2H3. The molecule has 0 saturated carbocycles. The normalized spacial score (nSPS) is 10.5. The van der Waals surface area contributed by atoms with Crippen molar-refractivity contribution in [1.82, 2.24) is 0 Å². The largest absolute Gasteiger partial charge is 0.493 e. The first-order valence-electron chi connectivity index (χ1n) is 6.99. The third-order valence-corrected chi connectivity index (χ3v) is 2.51. The number of rotatable bonds is 11. The molecule has 20 heavy (non-hydrogen) atoms. The third kappa shape index (κ3) is 7.21. The van der Waals surface area contributed by atoms with Crippen LogP contribution in [0.4, 0.5) is 5.69 Å². The predicted molar refractivity (Wildman–Crippen MR) is 79.4 cm³/mol. The lowest BCUT2D eigenvalue weighted by atomic mass is 10.3. The second kappa shape index (κ2) is 10.3. The van der Waals surface area contributed by atoms with E-state index >= 15 is 0 Å². The molecule has 0 radical (unpaired) electrons. The number of nitrogen functional groups attached to an aromatic ring is 1. The van der Waals surface area contributed by atoms with Gasteiger partial charge in [0.1, 0.15) is 11.5 Å². The summed E-state index contributed by atoms with van der Waals surface area (Å²) >= 11 is 0. The number of ether oxygens (including phenoxy) is 4. The van der Waals surface area contributed by atoms with Crippen molar-refractivity contribution in [3.8, 4) is 11.5 Å². The Kier molecular flexibility index (Phi) is 8.58. The summed E-state index contributed by atoms with van der Waals surface area (Å²) in [7, 11) is 1.66. The van der Waals surface area contributed by atoms with Gasteiger partial charge in [0, 0.05) is 44.0 Å². The summed E-state index contributed by atoms with van der Waals surface area (Å²) in [6.07, 6.45) is 1.79. The quantitative estimate of drug-likeness (QED) is 0.499. The van der Waals surface area contributed by atoms with E-state index in [0.29, 0.717) is 38.7 Å². The summed E-state index contributed by atoms with van der Waals surface area (Å²) in [6, 6.07) is 5.46. The molecule has 1 aromatic carbocycles. The fourth-order valence-electron chi connectivity index (χ4n) is 1.58. The first-order chi connectivity index (χ1) is 9.76. The van der Waals surface area contributed by atoms with E-state index in [2.05, 4.69) is 6.92 Å². The molecule has 1 aromatic rings. The first-order valence-corrected chi connectivity index (χ1v) is 6.99. The highest BCUT2D eigenvalue weighted by Gasteiger charge is 2.01. The molecule has 5 nitrogen and oxygen atoms in total. The van der Waals surface area contributed by atoms with Crippen LogP contribution in [0.5, 0.6) is 11.5 Å². The minimum atomic E-state index is 0.587. The fourth-order valence-corrected chi connectivity index (χ4v) is 1.58. The SMILES string of the molecule is CCCOc1cc(N)cc(OCCCOCCOC)c1. The monoisotopic (exact) mass is 283 g/mol. The average Bonchev–Trinajstić information content (AvgIpc) is 2.43. The zero-order valence-corrected chi connectivity index (χ0v) is 12.4. The van der Waals surface area contributed by atoms with Gasteiger partial charge in [-0.05, 0) is 6.42 Å². The molecule has 0 heterocycles. The van der Waals surface area contributed by atoms with E-state index in [0.717, 1.165) is 24.3 Å². The van der Waals surface area contributed by atoms with E-state index in [1.807, 2.05) is 6.07 Å². The maximum Gasteiger partial charge on any atom is 0.125 e. The van der Waals surface area contributed by atoms with Gasteiger partial charge in [0.15, 0.2) is 0 Å². The van der Waals surface area contributed by atoms with Gasteiger partial charge in [-0.25, -0.2) is 0 Å². The molecule has 0 spiro atoms. The topological polar surface area (TPSA) is 62.9 Å². The van der Waals surface area contributed by atoms with Crippen LogP contribution in [0.1, 0.15) is 19.8 Å². The molecule has 1 rings (SSSR count). The second-order valence-corrected chi connectivity index (χ2v) is 4.39. The highest BCUT2D eigenvalue weighted by atomic mass is 16.5. The maximum atomic E-state index is 5.82. The molecule has 0 aliphatic carbocycles. The Bertz CT molecular complexity index is 371. The number of anilines is 1. The van der Waals surface area contributed by atoms with Crippen LogP contribution in [0, 0.1) is 0 Å². The van der Waals surface area contributed by atoms with Crippen LogP contribution in [-0.4, -0.2) is 40.1 Å². The Morgan fingerprint density at radius 2 is 1.60 bits per heavy atom. The van der Waals surface area contributed by atoms with Crippen molar-refractivity contribution in [2.75, 3.05) is 45.9 Å². The van der Waals surface area contributed by atoms with Crippen molar-refractivity contribution < 1.29 is 18.9 Å². The van der Waals surface area contributed by atoms with Crippen molar-refractivity contribution in [2.24, 2.45) is 0 Å². The zero-order chi connectivity index (χ0) is 14.6. The van der Waals surface area contributed by atoms with Crippen molar-refractivity contribution in [3.05, 3.63) is 18.2 Å². The van der Waals surface area contributed by atoms with Crippen LogP contribution >= 0.6 is 0 Å². The van der Waals surface area contributed by atoms with Crippen molar-refractivity contribution >= 4 is 5.69 Å². The predicted octanol–water partition coefficient (Wildman–Crippen LogP) is 2.49. The molecule has 0 saturated heterocycles. The number of hydrogen-bond acceptors (Lipinski definition) is 5. The fraction of sp³-hybridized carbons (Fsp3) is 0.600. The van der Waals surface area contributed by atoms with Gasteiger partial charge in [0.2, 0.25) is 0 Å². The molecule has 0 aliphatic rings. The van der Waals surface area contributed by atoms with Gasteiger partial charge >= 0.3 is 0 Å². The molecule has 0 unspecified atom stereocenters. The summed E-state index contributed by atoms with van der Waals surface area (Å²) in [6.45, 7) is 5.22. The second-order valence-electron chi connectivity index (χ2n) is 4.39. The Hall–Kier alpha value is -1.46. The molecule has 0 amide bonds. The molecule has 0 bridgehead atoms. The molecule has 2 N–H and O–H groups in total. The van der Waals surface area contributed by atoms with Crippen LogP contribution < -0.4 is 15.2 Å². The molecule has 114 valence electrons. The van der Waals surface area contributed by atoms with Crippen molar-refractivity contribution in [2.45, 2.75) is 19.8 Å². The molecule has 5 heteroatoms. The summed E-state index contributed by atoms with van der Waals surface area (Å²) in [5.41, 5.74) is 6.46.